The third-order valence-corrected chi connectivity index (χ3v) is 3.52. The molecule has 0 saturated heterocycles. The van der Waals surface area contributed by atoms with Crippen LogP contribution in [0.15, 0.2) is 46.9 Å². The Bertz CT molecular complexity index is 561. The molecule has 0 heterocycles. The highest BCUT2D eigenvalue weighted by molar-refractivity contribution is 9.10. The number of benzene rings is 2. The quantitative estimate of drug-likeness (QED) is 0.513. The highest BCUT2D eigenvalue weighted by Crippen LogP contribution is 2.28. The molecule has 2 aromatic carbocycles. The lowest BCUT2D eigenvalue weighted by Gasteiger charge is -2.18. The number of hydrogen-bond acceptors (Lipinski definition) is 2. The Morgan fingerprint density at radius 2 is 1.79 bits per heavy atom. The van der Waals surface area contributed by atoms with Gasteiger partial charge in [0.05, 0.1) is 10.5 Å². The average molecular weight is 327 g/mol. The first-order valence-electron chi connectivity index (χ1n) is 5.77. The van der Waals surface area contributed by atoms with Gasteiger partial charge < -0.3 is 0 Å². The van der Waals surface area contributed by atoms with Crippen LogP contribution in [-0.4, -0.2) is 0 Å². The van der Waals surface area contributed by atoms with Gasteiger partial charge in [0.25, 0.3) is 0 Å². The van der Waals surface area contributed by atoms with Crippen LogP contribution in [0.1, 0.15) is 17.2 Å². The van der Waals surface area contributed by atoms with Crippen molar-refractivity contribution in [3.8, 4) is 0 Å². The van der Waals surface area contributed by atoms with Gasteiger partial charge in [-0.25, -0.2) is 8.78 Å². The summed E-state index contributed by atoms with van der Waals surface area (Å²) >= 11 is 3.05. The van der Waals surface area contributed by atoms with E-state index >= 15 is 0 Å². The van der Waals surface area contributed by atoms with E-state index in [-0.39, 0.29) is 10.0 Å². The van der Waals surface area contributed by atoms with Gasteiger partial charge in [0.15, 0.2) is 0 Å². The molecule has 2 rings (SSSR count). The van der Waals surface area contributed by atoms with Crippen molar-refractivity contribution >= 4 is 15.9 Å². The minimum atomic E-state index is -0.626. The second kappa shape index (κ2) is 6.23. The van der Waals surface area contributed by atoms with Crippen LogP contribution in [0.25, 0.3) is 0 Å². The minimum Gasteiger partial charge on any atom is -0.271 e. The Balaban J connectivity index is 2.35. The van der Waals surface area contributed by atoms with Crippen LogP contribution in [0.2, 0.25) is 0 Å². The second-order valence-electron chi connectivity index (χ2n) is 4.17. The molecule has 0 saturated carbocycles. The van der Waals surface area contributed by atoms with Crippen molar-refractivity contribution < 1.29 is 8.78 Å². The molecule has 0 bridgehead atoms. The van der Waals surface area contributed by atoms with Gasteiger partial charge in [-0.2, -0.15) is 0 Å². The molecular formula is C14H13BrF2N2. The second-order valence-corrected chi connectivity index (χ2v) is 5.02. The lowest BCUT2D eigenvalue weighted by atomic mass is 9.98. The molecule has 0 radical (unpaired) electrons. The van der Waals surface area contributed by atoms with E-state index in [2.05, 4.69) is 21.4 Å². The molecule has 2 nitrogen and oxygen atoms in total. The smallest absolute Gasteiger partial charge is 0.145 e. The summed E-state index contributed by atoms with van der Waals surface area (Å²) in [6.07, 6.45) is 0.404. The first-order chi connectivity index (χ1) is 9.13. The van der Waals surface area contributed by atoms with E-state index in [9.17, 15) is 8.78 Å². The van der Waals surface area contributed by atoms with Crippen LogP contribution in [0.4, 0.5) is 8.78 Å². The molecule has 0 spiro atoms. The zero-order valence-electron chi connectivity index (χ0n) is 10.0. The van der Waals surface area contributed by atoms with E-state index in [1.807, 2.05) is 30.3 Å². The number of hydrogen-bond donors (Lipinski definition) is 2. The van der Waals surface area contributed by atoms with E-state index in [4.69, 9.17) is 5.84 Å². The number of halogens is 3. The highest BCUT2D eigenvalue weighted by atomic mass is 79.9. The Kier molecular flexibility index (Phi) is 4.63. The molecule has 1 atom stereocenters. The maximum atomic E-state index is 14.0. The van der Waals surface area contributed by atoms with E-state index < -0.39 is 17.7 Å². The molecule has 0 amide bonds. The summed E-state index contributed by atoms with van der Waals surface area (Å²) in [5.41, 5.74) is 3.37. The van der Waals surface area contributed by atoms with Gasteiger partial charge in [0.2, 0.25) is 0 Å². The molecule has 0 aliphatic rings. The molecule has 0 aromatic heterocycles. The molecular weight excluding hydrogens is 314 g/mol. The molecule has 5 heteroatoms. The summed E-state index contributed by atoms with van der Waals surface area (Å²) in [5.74, 6) is 4.20. The largest absolute Gasteiger partial charge is 0.271 e. The van der Waals surface area contributed by atoms with Gasteiger partial charge >= 0.3 is 0 Å². The summed E-state index contributed by atoms with van der Waals surface area (Å²) in [4.78, 5) is 0. The fourth-order valence-corrected chi connectivity index (χ4v) is 2.30. The van der Waals surface area contributed by atoms with Crippen LogP contribution in [-0.2, 0) is 6.42 Å². The van der Waals surface area contributed by atoms with Crippen LogP contribution in [0, 0.1) is 11.6 Å². The normalized spacial score (nSPS) is 12.4. The maximum Gasteiger partial charge on any atom is 0.145 e. The predicted molar refractivity (Wildman–Crippen MR) is 74.3 cm³/mol. The van der Waals surface area contributed by atoms with Crippen LogP contribution >= 0.6 is 15.9 Å². The van der Waals surface area contributed by atoms with E-state index in [1.54, 1.807) is 0 Å². The molecule has 19 heavy (non-hydrogen) atoms. The number of hydrazine groups is 1. The van der Waals surface area contributed by atoms with Gasteiger partial charge in [-0.15, -0.1) is 0 Å². The van der Waals surface area contributed by atoms with Crippen molar-refractivity contribution in [1.29, 1.82) is 0 Å². The first-order valence-corrected chi connectivity index (χ1v) is 6.56. The first kappa shape index (κ1) is 14.1. The van der Waals surface area contributed by atoms with Gasteiger partial charge in [0.1, 0.15) is 11.6 Å². The molecule has 100 valence electrons. The van der Waals surface area contributed by atoms with Crippen LogP contribution in [0.3, 0.4) is 0 Å². The lowest BCUT2D eigenvalue weighted by Crippen LogP contribution is -2.31. The molecule has 3 N–H and O–H groups in total. The molecule has 2 aromatic rings. The summed E-state index contributed by atoms with van der Waals surface area (Å²) in [5, 5.41) is 0. The Morgan fingerprint density at radius 1 is 1.11 bits per heavy atom. The number of nitrogens with two attached hydrogens (primary N) is 1. The third kappa shape index (κ3) is 3.18. The lowest BCUT2D eigenvalue weighted by molar-refractivity contribution is 0.470. The summed E-state index contributed by atoms with van der Waals surface area (Å²) < 4.78 is 28.1. The molecule has 1 unspecified atom stereocenters. The molecule has 0 aliphatic carbocycles. The van der Waals surface area contributed by atoms with Gasteiger partial charge in [-0.05, 0) is 40.0 Å². The standard InChI is InChI=1S/C14H13BrF2N2/c15-10-6-7-11(16)13(14(10)17)12(19-18)8-9-4-2-1-3-5-9/h1-7,12,19H,8,18H2. The van der Waals surface area contributed by atoms with E-state index in [1.165, 1.54) is 12.1 Å². The number of rotatable bonds is 4. The van der Waals surface area contributed by atoms with Crippen LogP contribution in [0.5, 0.6) is 0 Å². The average Bonchev–Trinajstić information content (AvgIpc) is 2.43. The van der Waals surface area contributed by atoms with Crippen molar-refractivity contribution in [2.75, 3.05) is 0 Å². The van der Waals surface area contributed by atoms with E-state index in [0.29, 0.717) is 6.42 Å². The summed E-state index contributed by atoms with van der Waals surface area (Å²) in [6.45, 7) is 0. The Hall–Kier alpha value is -1.30. The van der Waals surface area contributed by atoms with Crippen molar-refractivity contribution in [3.05, 3.63) is 69.7 Å². The monoisotopic (exact) mass is 326 g/mol. The molecule has 0 aliphatic heterocycles. The maximum absolute atomic E-state index is 14.0. The fraction of sp³-hybridized carbons (Fsp3) is 0.143. The van der Waals surface area contributed by atoms with Gasteiger partial charge in [-0.3, -0.25) is 11.3 Å². The van der Waals surface area contributed by atoms with Crippen molar-refractivity contribution in [1.82, 2.24) is 5.43 Å². The van der Waals surface area contributed by atoms with Gasteiger partial charge in [-0.1, -0.05) is 30.3 Å². The third-order valence-electron chi connectivity index (χ3n) is 2.91. The predicted octanol–water partition coefficient (Wildman–Crippen LogP) is 3.47. The van der Waals surface area contributed by atoms with E-state index in [0.717, 1.165) is 5.56 Å². The van der Waals surface area contributed by atoms with Crippen LogP contribution < -0.4 is 11.3 Å². The van der Waals surface area contributed by atoms with Gasteiger partial charge in [0, 0.05) is 5.56 Å². The Labute approximate surface area is 118 Å². The Morgan fingerprint density at radius 3 is 2.42 bits per heavy atom. The van der Waals surface area contributed by atoms with Crippen molar-refractivity contribution in [2.24, 2.45) is 5.84 Å². The van der Waals surface area contributed by atoms with Crippen molar-refractivity contribution in [2.45, 2.75) is 12.5 Å². The van der Waals surface area contributed by atoms with Crippen molar-refractivity contribution in [3.63, 3.8) is 0 Å². The zero-order chi connectivity index (χ0) is 13.8. The summed E-state index contributed by atoms with van der Waals surface area (Å²) in [7, 11) is 0. The summed E-state index contributed by atoms with van der Waals surface area (Å²) in [6, 6.07) is 11.3. The minimum absolute atomic E-state index is 0.0549. The SMILES string of the molecule is NNC(Cc1ccccc1)c1c(F)ccc(Br)c1F. The number of nitrogens with one attached hydrogen (secondary N) is 1. The fourth-order valence-electron chi connectivity index (χ4n) is 1.96. The molecule has 0 fully saturated rings. The zero-order valence-corrected chi connectivity index (χ0v) is 11.6. The highest BCUT2D eigenvalue weighted by Gasteiger charge is 2.21. The topological polar surface area (TPSA) is 38.0 Å².